The third kappa shape index (κ3) is 3.11. The Hall–Kier alpha value is -2.62. The number of benzene rings is 1. The summed E-state index contributed by atoms with van der Waals surface area (Å²) >= 11 is 0. The fraction of sp³-hybridized carbons (Fsp3) is 0.214. The average Bonchev–Trinajstić information content (AvgIpc) is 2.44. The van der Waals surface area contributed by atoms with E-state index in [9.17, 15) is 22.8 Å². The van der Waals surface area contributed by atoms with Gasteiger partial charge in [0.25, 0.3) is 0 Å². The minimum Gasteiger partial charge on any atom is -0.462 e. The number of rotatable bonds is 4. The van der Waals surface area contributed by atoms with E-state index >= 15 is 0 Å². The smallest absolute Gasteiger partial charge is 0.341 e. The lowest BCUT2D eigenvalue weighted by atomic mass is 10.00. The Bertz CT molecular complexity index is 675. The van der Waals surface area contributed by atoms with Crippen LogP contribution < -0.4 is 0 Å². The molecule has 0 spiro atoms. The summed E-state index contributed by atoms with van der Waals surface area (Å²) in [6.07, 6.45) is 1.06. The van der Waals surface area contributed by atoms with Gasteiger partial charge in [-0.05, 0) is 19.9 Å². The highest BCUT2D eigenvalue weighted by atomic mass is 19.2. The minimum absolute atomic E-state index is 0.0207. The highest BCUT2D eigenvalue weighted by Gasteiger charge is 2.27. The second-order valence-corrected chi connectivity index (χ2v) is 3.77. The lowest BCUT2D eigenvalue weighted by molar-refractivity contribution is -0.138. The molecule has 7 heteroatoms. The zero-order valence-electron chi connectivity index (χ0n) is 11.2. The predicted octanol–water partition coefficient (Wildman–Crippen LogP) is 2.67. The summed E-state index contributed by atoms with van der Waals surface area (Å²) in [6.45, 7) is 2.81. The Morgan fingerprint density at radius 1 is 1.33 bits per heavy atom. The molecule has 1 rings (SSSR count). The second-order valence-electron chi connectivity index (χ2n) is 3.77. The molecule has 0 saturated heterocycles. The molecule has 0 amide bonds. The molecule has 1 aromatic rings. The molecule has 0 aliphatic carbocycles. The van der Waals surface area contributed by atoms with Crippen molar-refractivity contribution in [2.45, 2.75) is 13.8 Å². The standard InChI is InChI=1S/C14H10F3NO3/c1-3-7(14(20)21-4-2)13(19)8-5-10(15)12(17)9(6-18)11(8)16/h3,5H,4H2,1-2H3/b7-3-. The van der Waals surface area contributed by atoms with Crippen LogP contribution in [-0.4, -0.2) is 18.4 Å². The van der Waals surface area contributed by atoms with Crippen LogP contribution >= 0.6 is 0 Å². The van der Waals surface area contributed by atoms with Crippen molar-refractivity contribution in [2.75, 3.05) is 6.61 Å². The molecule has 0 aromatic heterocycles. The number of ether oxygens (including phenoxy) is 1. The number of nitriles is 1. The van der Waals surface area contributed by atoms with Crippen LogP contribution in [0.5, 0.6) is 0 Å². The molecule has 0 heterocycles. The number of halogens is 3. The Morgan fingerprint density at radius 2 is 1.95 bits per heavy atom. The normalized spacial score (nSPS) is 11.0. The summed E-state index contributed by atoms with van der Waals surface area (Å²) in [5, 5.41) is 8.60. The van der Waals surface area contributed by atoms with E-state index in [0.29, 0.717) is 6.07 Å². The highest BCUT2D eigenvalue weighted by Crippen LogP contribution is 2.22. The van der Waals surface area contributed by atoms with Crippen LogP contribution in [0.4, 0.5) is 13.2 Å². The van der Waals surface area contributed by atoms with Crippen molar-refractivity contribution < 1.29 is 27.5 Å². The Morgan fingerprint density at radius 3 is 2.43 bits per heavy atom. The van der Waals surface area contributed by atoms with E-state index in [0.717, 1.165) is 12.1 Å². The number of esters is 1. The van der Waals surface area contributed by atoms with Gasteiger partial charge in [-0.25, -0.2) is 18.0 Å². The van der Waals surface area contributed by atoms with Crippen LogP contribution in [0.25, 0.3) is 0 Å². The van der Waals surface area contributed by atoms with E-state index in [4.69, 9.17) is 5.26 Å². The fourth-order valence-electron chi connectivity index (χ4n) is 1.56. The Labute approximate surface area is 118 Å². The Balaban J connectivity index is 3.41. The third-order valence-corrected chi connectivity index (χ3v) is 2.54. The number of carbonyl (C=O) groups is 2. The van der Waals surface area contributed by atoms with Gasteiger partial charge < -0.3 is 4.74 Å². The number of ketones is 1. The summed E-state index contributed by atoms with van der Waals surface area (Å²) in [5.41, 5.74) is -2.67. The molecule has 110 valence electrons. The van der Waals surface area contributed by atoms with E-state index in [1.54, 1.807) is 0 Å². The van der Waals surface area contributed by atoms with Crippen molar-refractivity contribution in [2.24, 2.45) is 0 Å². The molecular formula is C14H10F3NO3. The van der Waals surface area contributed by atoms with Crippen molar-refractivity contribution in [1.82, 2.24) is 0 Å². The van der Waals surface area contributed by atoms with Gasteiger partial charge in [-0.3, -0.25) is 4.79 Å². The van der Waals surface area contributed by atoms with Crippen LogP contribution in [0.2, 0.25) is 0 Å². The zero-order valence-corrected chi connectivity index (χ0v) is 11.2. The number of carbonyl (C=O) groups excluding carboxylic acids is 2. The van der Waals surface area contributed by atoms with Gasteiger partial charge in [0.05, 0.1) is 12.2 Å². The number of hydrogen-bond acceptors (Lipinski definition) is 4. The first-order chi connectivity index (χ1) is 9.88. The van der Waals surface area contributed by atoms with E-state index < -0.39 is 45.9 Å². The van der Waals surface area contributed by atoms with Crippen molar-refractivity contribution in [3.8, 4) is 6.07 Å². The molecule has 0 unspecified atom stereocenters. The van der Waals surface area contributed by atoms with Gasteiger partial charge in [0.2, 0.25) is 5.78 Å². The molecule has 0 radical (unpaired) electrons. The van der Waals surface area contributed by atoms with Crippen LogP contribution in [0.1, 0.15) is 29.8 Å². The lowest BCUT2D eigenvalue weighted by Gasteiger charge is -2.08. The van der Waals surface area contributed by atoms with E-state index in [2.05, 4.69) is 4.74 Å². The molecule has 0 atom stereocenters. The van der Waals surface area contributed by atoms with E-state index in [1.807, 2.05) is 0 Å². The molecule has 0 bridgehead atoms. The number of allylic oxidation sites excluding steroid dienone is 1. The topological polar surface area (TPSA) is 67.2 Å². The van der Waals surface area contributed by atoms with Crippen LogP contribution in [0.15, 0.2) is 17.7 Å². The van der Waals surface area contributed by atoms with Gasteiger partial charge >= 0.3 is 5.97 Å². The molecular weight excluding hydrogens is 287 g/mol. The molecule has 0 aliphatic rings. The molecule has 0 saturated carbocycles. The van der Waals surface area contributed by atoms with Crippen molar-refractivity contribution in [1.29, 1.82) is 5.26 Å². The van der Waals surface area contributed by atoms with Gasteiger partial charge in [-0.1, -0.05) is 6.08 Å². The molecule has 0 aliphatic heterocycles. The van der Waals surface area contributed by atoms with E-state index in [-0.39, 0.29) is 6.61 Å². The van der Waals surface area contributed by atoms with Gasteiger partial charge in [0.15, 0.2) is 17.5 Å². The summed E-state index contributed by atoms with van der Waals surface area (Å²) < 4.78 is 45.0. The summed E-state index contributed by atoms with van der Waals surface area (Å²) in [4.78, 5) is 23.6. The SMILES string of the molecule is C/C=C(\C(=O)OCC)C(=O)c1cc(F)c(F)c(C#N)c1F. The largest absolute Gasteiger partial charge is 0.462 e. The molecule has 1 aromatic carbocycles. The molecule has 21 heavy (non-hydrogen) atoms. The minimum atomic E-state index is -1.69. The van der Waals surface area contributed by atoms with Crippen LogP contribution in [0, 0.1) is 28.8 Å². The Kier molecular flexibility index (Phi) is 5.24. The molecule has 4 nitrogen and oxygen atoms in total. The van der Waals surface area contributed by atoms with Gasteiger partial charge in [-0.2, -0.15) is 5.26 Å². The quantitative estimate of drug-likeness (QED) is 0.214. The first-order valence-corrected chi connectivity index (χ1v) is 5.84. The van der Waals surface area contributed by atoms with Crippen LogP contribution in [-0.2, 0) is 9.53 Å². The predicted molar refractivity (Wildman–Crippen MR) is 65.8 cm³/mol. The monoisotopic (exact) mass is 297 g/mol. The molecule has 0 fully saturated rings. The van der Waals surface area contributed by atoms with Crippen molar-refractivity contribution in [3.63, 3.8) is 0 Å². The highest BCUT2D eigenvalue weighted by molar-refractivity contribution is 6.24. The van der Waals surface area contributed by atoms with Crippen molar-refractivity contribution >= 4 is 11.8 Å². The summed E-state index contributed by atoms with van der Waals surface area (Å²) in [7, 11) is 0. The fourth-order valence-corrected chi connectivity index (χ4v) is 1.56. The zero-order chi connectivity index (χ0) is 16.2. The first kappa shape index (κ1) is 16.4. The average molecular weight is 297 g/mol. The maximum atomic E-state index is 13.9. The van der Waals surface area contributed by atoms with Gasteiger partial charge in [0.1, 0.15) is 17.2 Å². The van der Waals surface area contributed by atoms with E-state index in [1.165, 1.54) is 13.8 Å². The van der Waals surface area contributed by atoms with Gasteiger partial charge in [0, 0.05) is 0 Å². The maximum Gasteiger partial charge on any atom is 0.341 e. The number of nitrogens with zero attached hydrogens (tertiary/aromatic N) is 1. The van der Waals surface area contributed by atoms with Crippen LogP contribution in [0.3, 0.4) is 0 Å². The second kappa shape index (κ2) is 6.70. The van der Waals surface area contributed by atoms with Crippen molar-refractivity contribution in [3.05, 3.63) is 46.3 Å². The summed E-state index contributed by atoms with van der Waals surface area (Å²) in [5.74, 6) is -6.98. The molecule has 0 N–H and O–H groups in total. The number of hydrogen-bond donors (Lipinski definition) is 0. The van der Waals surface area contributed by atoms with Gasteiger partial charge in [-0.15, -0.1) is 0 Å². The summed E-state index contributed by atoms with van der Waals surface area (Å²) in [6, 6.07) is 1.44. The third-order valence-electron chi connectivity index (χ3n) is 2.54. The number of Topliss-reactive ketones (excluding diaryl/α,β-unsaturated/α-hetero) is 1. The first-order valence-electron chi connectivity index (χ1n) is 5.84. The lowest BCUT2D eigenvalue weighted by Crippen LogP contribution is -2.18. The maximum absolute atomic E-state index is 13.9.